The molecule has 2 rings (SSSR count). The highest BCUT2D eigenvalue weighted by molar-refractivity contribution is 9.10. The molecule has 1 unspecified atom stereocenters. The standard InChI is InChI=1S/C12H14BrN3O/c1-12(17,7-11-14-8-15-16(11)2)9-5-3-4-6-10(9)13/h3-6,8,17H,7H2,1-2H3. The molecule has 2 aromatic rings. The molecule has 4 nitrogen and oxygen atoms in total. The zero-order valence-electron chi connectivity index (χ0n) is 9.76. The minimum atomic E-state index is -0.971. The van der Waals surface area contributed by atoms with Crippen LogP contribution in [0.1, 0.15) is 18.3 Å². The second-order valence-electron chi connectivity index (χ2n) is 4.23. The maximum atomic E-state index is 10.6. The van der Waals surface area contributed by atoms with Gasteiger partial charge in [-0.15, -0.1) is 0 Å². The van der Waals surface area contributed by atoms with E-state index in [2.05, 4.69) is 26.0 Å². The molecule has 0 bridgehead atoms. The molecular weight excluding hydrogens is 282 g/mol. The third kappa shape index (κ3) is 2.56. The molecule has 1 heterocycles. The SMILES string of the molecule is Cn1ncnc1CC(C)(O)c1ccccc1Br. The van der Waals surface area contributed by atoms with Crippen molar-refractivity contribution in [3.05, 3.63) is 46.5 Å². The van der Waals surface area contributed by atoms with Gasteiger partial charge in [0.25, 0.3) is 0 Å². The topological polar surface area (TPSA) is 50.9 Å². The van der Waals surface area contributed by atoms with Gasteiger partial charge in [-0.3, -0.25) is 4.68 Å². The van der Waals surface area contributed by atoms with Crippen LogP contribution in [-0.4, -0.2) is 19.9 Å². The molecule has 0 saturated heterocycles. The third-order valence-electron chi connectivity index (χ3n) is 2.76. The van der Waals surface area contributed by atoms with Crippen molar-refractivity contribution >= 4 is 15.9 Å². The summed E-state index contributed by atoms with van der Waals surface area (Å²) in [5.41, 5.74) is -0.121. The van der Waals surface area contributed by atoms with Crippen molar-refractivity contribution in [1.29, 1.82) is 0 Å². The monoisotopic (exact) mass is 295 g/mol. The molecule has 0 aliphatic rings. The van der Waals surface area contributed by atoms with E-state index in [1.165, 1.54) is 6.33 Å². The summed E-state index contributed by atoms with van der Waals surface area (Å²) in [5, 5.41) is 14.6. The number of benzene rings is 1. The molecule has 1 aromatic heterocycles. The first-order chi connectivity index (χ1) is 8.00. The predicted octanol–water partition coefficient (Wildman–Crippen LogP) is 2.03. The lowest BCUT2D eigenvalue weighted by molar-refractivity contribution is 0.0538. The summed E-state index contributed by atoms with van der Waals surface area (Å²) < 4.78 is 2.57. The quantitative estimate of drug-likeness (QED) is 0.943. The van der Waals surface area contributed by atoms with Gasteiger partial charge in [0, 0.05) is 17.9 Å². The molecular formula is C12H14BrN3O. The largest absolute Gasteiger partial charge is 0.385 e. The number of hydrogen-bond acceptors (Lipinski definition) is 3. The van der Waals surface area contributed by atoms with E-state index < -0.39 is 5.60 Å². The van der Waals surface area contributed by atoms with E-state index in [4.69, 9.17) is 0 Å². The summed E-state index contributed by atoms with van der Waals surface area (Å²) in [4.78, 5) is 4.13. The number of nitrogens with zero attached hydrogens (tertiary/aromatic N) is 3. The zero-order chi connectivity index (χ0) is 12.5. The van der Waals surface area contributed by atoms with Gasteiger partial charge >= 0.3 is 0 Å². The molecule has 5 heteroatoms. The average molecular weight is 296 g/mol. The van der Waals surface area contributed by atoms with Crippen LogP contribution in [0.15, 0.2) is 35.1 Å². The molecule has 1 N–H and O–H groups in total. The van der Waals surface area contributed by atoms with Crippen LogP contribution in [-0.2, 0) is 19.1 Å². The van der Waals surface area contributed by atoms with Crippen LogP contribution in [0.5, 0.6) is 0 Å². The Balaban J connectivity index is 2.31. The summed E-state index contributed by atoms with van der Waals surface area (Å²) in [6, 6.07) is 7.65. The number of hydrogen-bond donors (Lipinski definition) is 1. The van der Waals surface area contributed by atoms with Crippen LogP contribution in [0, 0.1) is 0 Å². The molecule has 0 fully saturated rings. The Kier molecular flexibility index (Phi) is 3.31. The highest BCUT2D eigenvalue weighted by atomic mass is 79.9. The minimum absolute atomic E-state index is 0.423. The van der Waals surface area contributed by atoms with Gasteiger partial charge in [-0.25, -0.2) is 4.98 Å². The maximum Gasteiger partial charge on any atom is 0.138 e. The fourth-order valence-electron chi connectivity index (χ4n) is 1.78. The van der Waals surface area contributed by atoms with Crippen LogP contribution in [0.4, 0.5) is 0 Å². The van der Waals surface area contributed by atoms with Crippen molar-refractivity contribution in [3.8, 4) is 0 Å². The highest BCUT2D eigenvalue weighted by Crippen LogP contribution is 2.30. The summed E-state index contributed by atoms with van der Waals surface area (Å²) in [6.45, 7) is 1.78. The lowest BCUT2D eigenvalue weighted by atomic mass is 9.92. The summed E-state index contributed by atoms with van der Waals surface area (Å²) >= 11 is 3.45. The molecule has 0 spiro atoms. The summed E-state index contributed by atoms with van der Waals surface area (Å²) in [5.74, 6) is 0.755. The van der Waals surface area contributed by atoms with Crippen LogP contribution < -0.4 is 0 Å². The molecule has 17 heavy (non-hydrogen) atoms. The second-order valence-corrected chi connectivity index (χ2v) is 5.08. The number of aliphatic hydroxyl groups is 1. The van der Waals surface area contributed by atoms with Gasteiger partial charge in [0.1, 0.15) is 12.2 Å². The lowest BCUT2D eigenvalue weighted by Crippen LogP contribution is -2.26. The number of aryl methyl sites for hydroxylation is 1. The van der Waals surface area contributed by atoms with Crippen LogP contribution in [0.25, 0.3) is 0 Å². The molecule has 1 atom stereocenters. The predicted molar refractivity (Wildman–Crippen MR) is 68.4 cm³/mol. The van der Waals surface area contributed by atoms with Gasteiger partial charge < -0.3 is 5.11 Å². The van der Waals surface area contributed by atoms with Crippen molar-refractivity contribution < 1.29 is 5.11 Å². The molecule has 0 aliphatic carbocycles. The van der Waals surface area contributed by atoms with Gasteiger partial charge in [-0.05, 0) is 18.6 Å². The van der Waals surface area contributed by atoms with E-state index >= 15 is 0 Å². The van der Waals surface area contributed by atoms with Gasteiger partial charge in [-0.2, -0.15) is 5.10 Å². The number of halogens is 1. The van der Waals surface area contributed by atoms with E-state index in [9.17, 15) is 5.11 Å². The van der Waals surface area contributed by atoms with Gasteiger partial charge in [0.15, 0.2) is 0 Å². The number of rotatable bonds is 3. The Labute approximate surface area is 108 Å². The van der Waals surface area contributed by atoms with Crippen molar-refractivity contribution in [2.24, 2.45) is 7.05 Å². The van der Waals surface area contributed by atoms with Crippen molar-refractivity contribution in [2.75, 3.05) is 0 Å². The van der Waals surface area contributed by atoms with E-state index in [1.54, 1.807) is 11.6 Å². The average Bonchev–Trinajstić information content (AvgIpc) is 2.64. The first-order valence-electron chi connectivity index (χ1n) is 5.31. The van der Waals surface area contributed by atoms with Gasteiger partial charge in [0.2, 0.25) is 0 Å². The van der Waals surface area contributed by atoms with E-state index in [0.29, 0.717) is 6.42 Å². The van der Waals surface area contributed by atoms with Crippen LogP contribution in [0.2, 0.25) is 0 Å². The molecule has 1 aromatic carbocycles. The van der Waals surface area contributed by atoms with E-state index in [1.807, 2.05) is 31.3 Å². The zero-order valence-corrected chi connectivity index (χ0v) is 11.3. The van der Waals surface area contributed by atoms with Crippen LogP contribution in [0.3, 0.4) is 0 Å². The Morgan fingerprint density at radius 2 is 2.12 bits per heavy atom. The Bertz CT molecular complexity index is 522. The molecule has 0 radical (unpaired) electrons. The highest BCUT2D eigenvalue weighted by Gasteiger charge is 2.27. The fraction of sp³-hybridized carbons (Fsp3) is 0.333. The Morgan fingerprint density at radius 1 is 1.41 bits per heavy atom. The van der Waals surface area contributed by atoms with Crippen molar-refractivity contribution in [1.82, 2.24) is 14.8 Å². The maximum absolute atomic E-state index is 10.6. The smallest absolute Gasteiger partial charge is 0.138 e. The van der Waals surface area contributed by atoms with Crippen LogP contribution >= 0.6 is 15.9 Å². The molecule has 90 valence electrons. The van der Waals surface area contributed by atoms with Crippen molar-refractivity contribution in [2.45, 2.75) is 18.9 Å². The number of aromatic nitrogens is 3. The normalized spacial score (nSPS) is 14.6. The Hall–Kier alpha value is -1.20. The summed E-state index contributed by atoms with van der Waals surface area (Å²) in [7, 11) is 1.82. The van der Waals surface area contributed by atoms with E-state index in [0.717, 1.165) is 15.9 Å². The summed E-state index contributed by atoms with van der Waals surface area (Å²) in [6.07, 6.45) is 1.91. The second kappa shape index (κ2) is 4.58. The molecule has 0 amide bonds. The minimum Gasteiger partial charge on any atom is -0.385 e. The van der Waals surface area contributed by atoms with Gasteiger partial charge in [0.05, 0.1) is 5.60 Å². The van der Waals surface area contributed by atoms with Crippen molar-refractivity contribution in [3.63, 3.8) is 0 Å². The lowest BCUT2D eigenvalue weighted by Gasteiger charge is -2.24. The third-order valence-corrected chi connectivity index (χ3v) is 3.45. The van der Waals surface area contributed by atoms with Gasteiger partial charge in [-0.1, -0.05) is 34.1 Å². The Morgan fingerprint density at radius 3 is 2.71 bits per heavy atom. The van der Waals surface area contributed by atoms with E-state index in [-0.39, 0.29) is 0 Å². The first-order valence-corrected chi connectivity index (χ1v) is 6.10. The molecule has 0 aliphatic heterocycles. The molecule has 0 saturated carbocycles. The fourth-order valence-corrected chi connectivity index (χ4v) is 2.49. The first kappa shape index (κ1) is 12.3.